The summed E-state index contributed by atoms with van der Waals surface area (Å²) >= 11 is 5.81. The number of hydrogen-bond acceptors (Lipinski definition) is 5. The molecule has 0 aromatic heterocycles. The van der Waals surface area contributed by atoms with Gasteiger partial charge in [-0.05, 0) is 72.8 Å². The van der Waals surface area contributed by atoms with Gasteiger partial charge in [0.05, 0.1) is 23.3 Å². The molecule has 0 amide bonds. The van der Waals surface area contributed by atoms with E-state index in [4.69, 9.17) is 21.1 Å². The van der Waals surface area contributed by atoms with Gasteiger partial charge >= 0.3 is 5.97 Å². The third kappa shape index (κ3) is 4.70. The molecule has 0 saturated heterocycles. The largest absolute Gasteiger partial charge is 0.497 e. The zero-order valence-corrected chi connectivity index (χ0v) is 17.3. The summed E-state index contributed by atoms with van der Waals surface area (Å²) in [6, 6.07) is 18.6. The predicted octanol–water partition coefficient (Wildman–Crippen LogP) is 4.39. The number of halogens is 1. The number of ether oxygens (including phenoxy) is 2. The molecule has 0 heterocycles. The second kappa shape index (κ2) is 8.55. The van der Waals surface area contributed by atoms with Gasteiger partial charge in [0.2, 0.25) is 0 Å². The van der Waals surface area contributed by atoms with Gasteiger partial charge in [-0.3, -0.25) is 4.31 Å². The van der Waals surface area contributed by atoms with E-state index in [9.17, 15) is 13.2 Å². The first-order chi connectivity index (χ1) is 13.8. The van der Waals surface area contributed by atoms with Gasteiger partial charge in [0.25, 0.3) is 10.0 Å². The molecule has 0 bridgehead atoms. The molecule has 0 N–H and O–H groups in total. The van der Waals surface area contributed by atoms with Crippen molar-refractivity contribution in [1.29, 1.82) is 0 Å². The Balaban J connectivity index is 1.74. The van der Waals surface area contributed by atoms with Crippen LogP contribution in [0.1, 0.15) is 10.4 Å². The van der Waals surface area contributed by atoms with Crippen LogP contribution in [-0.2, 0) is 10.0 Å². The quantitative estimate of drug-likeness (QED) is 0.427. The lowest BCUT2D eigenvalue weighted by atomic mass is 10.2. The van der Waals surface area contributed by atoms with E-state index in [0.717, 1.165) is 4.31 Å². The minimum atomic E-state index is -3.74. The van der Waals surface area contributed by atoms with E-state index in [2.05, 4.69) is 0 Å². The van der Waals surface area contributed by atoms with Crippen LogP contribution in [0, 0.1) is 0 Å². The fourth-order valence-corrected chi connectivity index (χ4v) is 3.84. The Morgan fingerprint density at radius 3 is 1.97 bits per heavy atom. The highest BCUT2D eigenvalue weighted by Gasteiger charge is 2.21. The van der Waals surface area contributed by atoms with Crippen LogP contribution in [-0.4, -0.2) is 28.5 Å². The van der Waals surface area contributed by atoms with E-state index < -0.39 is 16.0 Å². The number of esters is 1. The molecule has 0 aliphatic carbocycles. The number of hydrogen-bond donors (Lipinski definition) is 0. The smallest absolute Gasteiger partial charge is 0.343 e. The molecular formula is C21H18ClNO5S. The van der Waals surface area contributed by atoms with Crippen LogP contribution in [0.15, 0.2) is 77.7 Å². The van der Waals surface area contributed by atoms with E-state index in [1.54, 1.807) is 48.5 Å². The van der Waals surface area contributed by atoms with Gasteiger partial charge in [-0.1, -0.05) is 11.6 Å². The summed E-state index contributed by atoms with van der Waals surface area (Å²) in [7, 11) is -0.779. The van der Waals surface area contributed by atoms with Gasteiger partial charge in [0, 0.05) is 12.1 Å². The molecule has 3 rings (SSSR count). The van der Waals surface area contributed by atoms with E-state index in [0.29, 0.717) is 27.8 Å². The summed E-state index contributed by atoms with van der Waals surface area (Å²) < 4.78 is 37.1. The third-order valence-electron chi connectivity index (χ3n) is 4.21. The van der Waals surface area contributed by atoms with Crippen molar-refractivity contribution in [2.75, 3.05) is 18.5 Å². The standard InChI is InChI=1S/C21H18ClNO5S/c1-23(29(25,26)20-13-11-18(27-2)12-14-20)17-7-9-19(10-8-17)28-21(24)15-3-5-16(22)6-4-15/h3-14H,1-2H3. The topological polar surface area (TPSA) is 72.9 Å². The fraction of sp³-hybridized carbons (Fsp3) is 0.0952. The van der Waals surface area contributed by atoms with Crippen molar-refractivity contribution in [2.45, 2.75) is 4.90 Å². The van der Waals surface area contributed by atoms with Crippen molar-refractivity contribution in [3.8, 4) is 11.5 Å². The summed E-state index contributed by atoms with van der Waals surface area (Å²) in [5.41, 5.74) is 0.782. The monoisotopic (exact) mass is 431 g/mol. The van der Waals surface area contributed by atoms with Crippen molar-refractivity contribution >= 4 is 33.3 Å². The summed E-state index contributed by atoms with van der Waals surface area (Å²) in [6.07, 6.45) is 0. The predicted molar refractivity (Wildman–Crippen MR) is 111 cm³/mol. The second-order valence-electron chi connectivity index (χ2n) is 6.04. The summed E-state index contributed by atoms with van der Waals surface area (Å²) in [4.78, 5) is 12.3. The lowest BCUT2D eigenvalue weighted by molar-refractivity contribution is 0.0735. The molecule has 0 fully saturated rings. The molecule has 0 aliphatic rings. The van der Waals surface area contributed by atoms with Crippen LogP contribution in [0.25, 0.3) is 0 Å². The van der Waals surface area contributed by atoms with Crippen LogP contribution < -0.4 is 13.8 Å². The zero-order valence-electron chi connectivity index (χ0n) is 15.7. The minimum Gasteiger partial charge on any atom is -0.497 e. The van der Waals surface area contributed by atoms with Gasteiger partial charge in [0.1, 0.15) is 11.5 Å². The Morgan fingerprint density at radius 1 is 0.862 bits per heavy atom. The highest BCUT2D eigenvalue weighted by atomic mass is 35.5. The molecule has 0 radical (unpaired) electrons. The first-order valence-electron chi connectivity index (χ1n) is 8.52. The van der Waals surface area contributed by atoms with Gasteiger partial charge in [-0.15, -0.1) is 0 Å². The molecule has 150 valence electrons. The number of sulfonamides is 1. The lowest BCUT2D eigenvalue weighted by Gasteiger charge is -2.20. The van der Waals surface area contributed by atoms with Crippen LogP contribution in [0.4, 0.5) is 5.69 Å². The highest BCUT2D eigenvalue weighted by molar-refractivity contribution is 7.92. The van der Waals surface area contributed by atoms with Crippen LogP contribution in [0.2, 0.25) is 5.02 Å². The van der Waals surface area contributed by atoms with Gasteiger partial charge in [-0.25, -0.2) is 13.2 Å². The van der Waals surface area contributed by atoms with E-state index in [-0.39, 0.29) is 4.90 Å². The first-order valence-corrected chi connectivity index (χ1v) is 10.3. The van der Waals surface area contributed by atoms with Gasteiger partial charge in [0.15, 0.2) is 0 Å². The molecule has 3 aromatic carbocycles. The molecule has 3 aromatic rings. The Hall–Kier alpha value is -3.03. The van der Waals surface area contributed by atoms with E-state index >= 15 is 0 Å². The summed E-state index contributed by atoms with van der Waals surface area (Å²) in [6.45, 7) is 0. The number of methoxy groups -OCH3 is 1. The maximum absolute atomic E-state index is 12.8. The molecule has 8 heteroatoms. The Bertz CT molecular complexity index is 1100. The maximum Gasteiger partial charge on any atom is 0.343 e. The number of nitrogens with zero attached hydrogens (tertiary/aromatic N) is 1. The SMILES string of the molecule is COc1ccc(S(=O)(=O)N(C)c2ccc(OC(=O)c3ccc(Cl)cc3)cc2)cc1. The molecule has 0 spiro atoms. The third-order valence-corrected chi connectivity index (χ3v) is 6.26. The highest BCUT2D eigenvalue weighted by Crippen LogP contribution is 2.26. The van der Waals surface area contributed by atoms with Crippen molar-refractivity contribution in [3.63, 3.8) is 0 Å². The molecule has 6 nitrogen and oxygen atoms in total. The Labute approximate surface area is 174 Å². The van der Waals surface area contributed by atoms with Crippen LogP contribution in [0.5, 0.6) is 11.5 Å². The van der Waals surface area contributed by atoms with Gasteiger partial charge < -0.3 is 9.47 Å². The van der Waals surface area contributed by atoms with E-state index in [1.165, 1.54) is 38.4 Å². The maximum atomic E-state index is 12.8. The molecule has 0 atom stereocenters. The molecular weight excluding hydrogens is 414 g/mol. The van der Waals surface area contributed by atoms with Crippen LogP contribution >= 0.6 is 11.6 Å². The molecule has 0 unspecified atom stereocenters. The Morgan fingerprint density at radius 2 is 1.41 bits per heavy atom. The summed E-state index contributed by atoms with van der Waals surface area (Å²) in [5, 5.41) is 0.520. The Kier molecular flexibility index (Phi) is 6.10. The summed E-state index contributed by atoms with van der Waals surface area (Å²) in [5.74, 6) is 0.330. The fourth-order valence-electron chi connectivity index (χ4n) is 2.52. The number of benzene rings is 3. The number of carbonyl (C=O) groups is 1. The molecule has 0 saturated carbocycles. The second-order valence-corrected chi connectivity index (χ2v) is 8.44. The molecule has 0 aliphatic heterocycles. The number of anilines is 1. The zero-order chi connectivity index (χ0) is 21.0. The van der Waals surface area contributed by atoms with Crippen molar-refractivity contribution < 1.29 is 22.7 Å². The van der Waals surface area contributed by atoms with Crippen LogP contribution in [0.3, 0.4) is 0 Å². The average Bonchev–Trinajstić information content (AvgIpc) is 2.74. The van der Waals surface area contributed by atoms with Crippen molar-refractivity contribution in [1.82, 2.24) is 0 Å². The van der Waals surface area contributed by atoms with E-state index in [1.807, 2.05) is 0 Å². The minimum absolute atomic E-state index is 0.138. The number of rotatable bonds is 6. The van der Waals surface area contributed by atoms with Crippen molar-refractivity contribution in [2.24, 2.45) is 0 Å². The first kappa shape index (κ1) is 20.7. The number of carbonyl (C=O) groups excluding carboxylic acids is 1. The van der Waals surface area contributed by atoms with Crippen molar-refractivity contribution in [3.05, 3.63) is 83.4 Å². The van der Waals surface area contributed by atoms with Gasteiger partial charge in [-0.2, -0.15) is 0 Å². The molecule has 29 heavy (non-hydrogen) atoms. The lowest BCUT2D eigenvalue weighted by Crippen LogP contribution is -2.26. The average molecular weight is 432 g/mol. The normalized spacial score (nSPS) is 11.0.